The first kappa shape index (κ1) is 15.8. The van der Waals surface area contributed by atoms with Gasteiger partial charge in [0.05, 0.1) is 10.3 Å². The van der Waals surface area contributed by atoms with E-state index in [4.69, 9.17) is 4.74 Å². The number of benzene rings is 1. The fourth-order valence-corrected chi connectivity index (χ4v) is 3.05. The van der Waals surface area contributed by atoms with E-state index in [1.54, 1.807) is 6.92 Å². The van der Waals surface area contributed by atoms with E-state index in [1.165, 1.54) is 6.92 Å². The Morgan fingerprint density at radius 2 is 2.10 bits per heavy atom. The first-order chi connectivity index (χ1) is 10.0. The van der Waals surface area contributed by atoms with Crippen molar-refractivity contribution in [3.63, 3.8) is 0 Å². The van der Waals surface area contributed by atoms with Gasteiger partial charge >= 0.3 is 5.97 Å². The smallest absolute Gasteiger partial charge is 0.328 e. The lowest BCUT2D eigenvalue weighted by molar-refractivity contribution is -0.147. The molecule has 0 saturated carbocycles. The maximum atomic E-state index is 12.0. The fourth-order valence-electron chi connectivity index (χ4n) is 2.25. The van der Waals surface area contributed by atoms with Gasteiger partial charge in [-0.3, -0.25) is 4.79 Å². The van der Waals surface area contributed by atoms with Crippen LogP contribution in [-0.2, 0) is 20.7 Å². The van der Waals surface area contributed by atoms with E-state index in [9.17, 15) is 9.59 Å². The predicted octanol–water partition coefficient (Wildman–Crippen LogP) is 2.38. The molecule has 0 aliphatic carbocycles. The van der Waals surface area contributed by atoms with E-state index >= 15 is 0 Å². The number of carbonyl (C=O) groups is 2. The quantitative estimate of drug-likeness (QED) is 0.598. The van der Waals surface area contributed by atoms with Gasteiger partial charge in [-0.15, -0.1) is 0 Å². The highest BCUT2D eigenvalue weighted by atomic mass is 127. The van der Waals surface area contributed by atoms with Crippen LogP contribution in [0, 0.1) is 3.70 Å². The Hall–Kier alpha value is -1.57. The molecular formula is C15H17IN2O3. The van der Waals surface area contributed by atoms with E-state index in [0.717, 1.165) is 20.2 Å². The minimum Gasteiger partial charge on any atom is -0.464 e. The first-order valence-electron chi connectivity index (χ1n) is 6.71. The Balaban J connectivity index is 2.31. The van der Waals surface area contributed by atoms with Gasteiger partial charge in [0.15, 0.2) is 0 Å². The van der Waals surface area contributed by atoms with Gasteiger partial charge in [0.1, 0.15) is 6.04 Å². The monoisotopic (exact) mass is 400 g/mol. The summed E-state index contributed by atoms with van der Waals surface area (Å²) in [6.45, 7) is 3.44. The van der Waals surface area contributed by atoms with Crippen molar-refractivity contribution in [2.75, 3.05) is 6.61 Å². The maximum absolute atomic E-state index is 12.0. The number of aromatic amines is 1. The van der Waals surface area contributed by atoms with Crippen LogP contribution in [0.4, 0.5) is 0 Å². The van der Waals surface area contributed by atoms with E-state index < -0.39 is 12.0 Å². The SMILES string of the molecule is CCOC(=O)C(Cc1c(I)[nH]c2ccccc12)NC(C)=O. The Morgan fingerprint density at radius 1 is 1.38 bits per heavy atom. The molecule has 1 aromatic carbocycles. The zero-order valence-electron chi connectivity index (χ0n) is 11.9. The van der Waals surface area contributed by atoms with Gasteiger partial charge < -0.3 is 15.0 Å². The molecule has 0 radical (unpaired) electrons. The number of carbonyl (C=O) groups excluding carboxylic acids is 2. The number of para-hydroxylation sites is 1. The lowest BCUT2D eigenvalue weighted by atomic mass is 10.0. The van der Waals surface area contributed by atoms with Crippen molar-refractivity contribution in [1.29, 1.82) is 0 Å². The minimum absolute atomic E-state index is 0.247. The van der Waals surface area contributed by atoms with Crippen molar-refractivity contribution in [2.24, 2.45) is 0 Å². The van der Waals surface area contributed by atoms with Crippen LogP contribution in [0.15, 0.2) is 24.3 Å². The van der Waals surface area contributed by atoms with E-state index in [1.807, 2.05) is 24.3 Å². The standard InChI is InChI=1S/C15H17IN2O3/c1-3-21-15(20)13(17-9(2)19)8-11-10-6-4-5-7-12(10)18-14(11)16/h4-7,13,18H,3,8H2,1-2H3,(H,17,19). The van der Waals surface area contributed by atoms with Crippen LogP contribution in [0.1, 0.15) is 19.4 Å². The summed E-state index contributed by atoms with van der Waals surface area (Å²) in [7, 11) is 0. The molecule has 0 saturated heterocycles. The Morgan fingerprint density at radius 3 is 2.76 bits per heavy atom. The van der Waals surface area contributed by atoms with Crippen LogP contribution in [0.3, 0.4) is 0 Å². The molecule has 112 valence electrons. The Kier molecular flexibility index (Phi) is 5.22. The third-order valence-electron chi connectivity index (χ3n) is 3.12. The number of halogens is 1. The van der Waals surface area contributed by atoms with Gasteiger partial charge in [-0.05, 0) is 41.1 Å². The van der Waals surface area contributed by atoms with Crippen molar-refractivity contribution < 1.29 is 14.3 Å². The number of rotatable bonds is 5. The maximum Gasteiger partial charge on any atom is 0.328 e. The first-order valence-corrected chi connectivity index (χ1v) is 7.79. The summed E-state index contributed by atoms with van der Waals surface area (Å²) >= 11 is 2.20. The molecule has 0 spiro atoms. The molecule has 1 amide bonds. The third kappa shape index (κ3) is 3.75. The summed E-state index contributed by atoms with van der Waals surface area (Å²) in [5.41, 5.74) is 2.03. The van der Waals surface area contributed by atoms with Crippen LogP contribution in [-0.4, -0.2) is 29.5 Å². The number of fused-ring (bicyclic) bond motifs is 1. The molecule has 1 heterocycles. The number of esters is 1. The molecule has 21 heavy (non-hydrogen) atoms. The molecule has 1 unspecified atom stereocenters. The highest BCUT2D eigenvalue weighted by molar-refractivity contribution is 14.1. The van der Waals surface area contributed by atoms with Crippen LogP contribution >= 0.6 is 22.6 Å². The summed E-state index contributed by atoms with van der Waals surface area (Å²) in [5, 5.41) is 3.72. The van der Waals surface area contributed by atoms with Gasteiger partial charge in [-0.2, -0.15) is 0 Å². The second-order valence-corrected chi connectivity index (χ2v) is 5.75. The predicted molar refractivity (Wildman–Crippen MR) is 89.0 cm³/mol. The normalized spacial score (nSPS) is 12.1. The van der Waals surface area contributed by atoms with Crippen LogP contribution in [0.5, 0.6) is 0 Å². The molecule has 0 aliphatic heterocycles. The van der Waals surface area contributed by atoms with E-state index in [-0.39, 0.29) is 5.91 Å². The summed E-state index contributed by atoms with van der Waals surface area (Å²) in [4.78, 5) is 26.6. The zero-order valence-corrected chi connectivity index (χ0v) is 14.1. The second kappa shape index (κ2) is 6.93. The zero-order chi connectivity index (χ0) is 15.4. The average molecular weight is 400 g/mol. The molecular weight excluding hydrogens is 383 g/mol. The van der Waals surface area contributed by atoms with E-state index in [2.05, 4.69) is 32.9 Å². The van der Waals surface area contributed by atoms with Gasteiger partial charge in [0.2, 0.25) is 5.91 Å². The molecule has 2 aromatic rings. The number of aromatic nitrogens is 1. The number of hydrogen-bond donors (Lipinski definition) is 2. The lowest BCUT2D eigenvalue weighted by Crippen LogP contribution is -2.42. The van der Waals surface area contributed by atoms with Gasteiger partial charge in [-0.25, -0.2) is 4.79 Å². The van der Waals surface area contributed by atoms with Crippen molar-refractivity contribution in [3.8, 4) is 0 Å². The van der Waals surface area contributed by atoms with Crippen molar-refractivity contribution >= 4 is 45.4 Å². The van der Waals surface area contributed by atoms with Gasteiger partial charge in [-0.1, -0.05) is 18.2 Å². The molecule has 6 heteroatoms. The van der Waals surface area contributed by atoms with Gasteiger partial charge in [0, 0.05) is 24.2 Å². The van der Waals surface area contributed by atoms with Crippen molar-refractivity contribution in [1.82, 2.24) is 10.3 Å². The second-order valence-electron chi connectivity index (χ2n) is 4.67. The van der Waals surface area contributed by atoms with Crippen LogP contribution in [0.2, 0.25) is 0 Å². The topological polar surface area (TPSA) is 71.2 Å². The van der Waals surface area contributed by atoms with Crippen LogP contribution < -0.4 is 5.32 Å². The average Bonchev–Trinajstić information content (AvgIpc) is 2.74. The Labute approximate surface area is 136 Å². The highest BCUT2D eigenvalue weighted by Gasteiger charge is 2.24. The van der Waals surface area contributed by atoms with Crippen molar-refractivity contribution in [3.05, 3.63) is 33.5 Å². The number of hydrogen-bond acceptors (Lipinski definition) is 3. The number of amides is 1. The lowest BCUT2D eigenvalue weighted by Gasteiger charge is -2.16. The van der Waals surface area contributed by atoms with Gasteiger partial charge in [0.25, 0.3) is 0 Å². The molecule has 0 aliphatic rings. The summed E-state index contributed by atoms with van der Waals surface area (Å²) in [5.74, 6) is -0.656. The largest absolute Gasteiger partial charge is 0.464 e. The summed E-state index contributed by atoms with van der Waals surface area (Å²) in [6.07, 6.45) is 0.403. The molecule has 2 rings (SSSR count). The third-order valence-corrected chi connectivity index (χ3v) is 4.04. The highest BCUT2D eigenvalue weighted by Crippen LogP contribution is 2.25. The Bertz CT molecular complexity index is 666. The molecule has 5 nitrogen and oxygen atoms in total. The number of H-pyrrole nitrogens is 1. The molecule has 0 fully saturated rings. The van der Waals surface area contributed by atoms with E-state index in [0.29, 0.717) is 13.0 Å². The molecule has 1 aromatic heterocycles. The fraction of sp³-hybridized carbons (Fsp3) is 0.333. The molecule has 2 N–H and O–H groups in total. The molecule has 1 atom stereocenters. The summed E-state index contributed by atoms with van der Waals surface area (Å²) in [6, 6.07) is 7.22. The number of ether oxygens (including phenoxy) is 1. The minimum atomic E-state index is -0.671. The van der Waals surface area contributed by atoms with Crippen LogP contribution in [0.25, 0.3) is 10.9 Å². The summed E-state index contributed by atoms with van der Waals surface area (Å²) < 4.78 is 6.01. The number of nitrogens with one attached hydrogen (secondary N) is 2. The molecule has 0 bridgehead atoms. The van der Waals surface area contributed by atoms with Crippen molar-refractivity contribution in [2.45, 2.75) is 26.3 Å².